The molecule has 1 saturated heterocycles. The van der Waals surface area contributed by atoms with Crippen LogP contribution < -0.4 is 0 Å². The molecule has 1 nitrogen and oxygen atoms in total. The molecule has 0 N–H and O–H groups in total. The average Bonchev–Trinajstić information content (AvgIpc) is 3.15. The van der Waals surface area contributed by atoms with Crippen LogP contribution in [-0.4, -0.2) is 12.3 Å². The van der Waals surface area contributed by atoms with Crippen LogP contribution in [-0.2, 0) is 6.42 Å². The Kier molecular flexibility index (Phi) is 2.49. The van der Waals surface area contributed by atoms with Gasteiger partial charge in [0, 0.05) is 17.5 Å². The lowest BCUT2D eigenvalue weighted by Crippen LogP contribution is -1.93. The molecule has 0 bridgehead atoms. The predicted octanol–water partition coefficient (Wildman–Crippen LogP) is 2.95. The predicted molar refractivity (Wildman–Crippen MR) is 69.1 cm³/mol. The van der Waals surface area contributed by atoms with Gasteiger partial charge in [-0.15, -0.1) is 0 Å². The monoisotopic (exact) mass is 207 g/mol. The molecule has 1 fully saturated rings. The van der Waals surface area contributed by atoms with Crippen LogP contribution in [0.1, 0.15) is 5.69 Å². The van der Waals surface area contributed by atoms with Gasteiger partial charge in [-0.25, -0.2) is 0 Å². The van der Waals surface area contributed by atoms with E-state index in [1.54, 1.807) is 0 Å². The average molecular weight is 207 g/mol. The van der Waals surface area contributed by atoms with Crippen molar-refractivity contribution < 1.29 is 0 Å². The zero-order chi connectivity index (χ0) is 10.8. The summed E-state index contributed by atoms with van der Waals surface area (Å²) in [6, 6.07) is 14.8. The fourth-order valence-corrected chi connectivity index (χ4v) is 2.08. The summed E-state index contributed by atoms with van der Waals surface area (Å²) in [6.07, 6.45) is 4.43. The SMILES string of the molecule is B1CC1Cc1ncccc1-c1ccccc1. The van der Waals surface area contributed by atoms with Crippen molar-refractivity contribution in [2.75, 3.05) is 0 Å². The summed E-state index contributed by atoms with van der Waals surface area (Å²) in [5.41, 5.74) is 3.84. The molecule has 3 rings (SSSR count). The van der Waals surface area contributed by atoms with E-state index in [4.69, 9.17) is 0 Å². The lowest BCUT2D eigenvalue weighted by Gasteiger charge is -2.07. The van der Waals surface area contributed by atoms with Gasteiger partial charge in [0.1, 0.15) is 7.28 Å². The van der Waals surface area contributed by atoms with Crippen LogP contribution in [0.5, 0.6) is 0 Å². The Morgan fingerprint density at radius 1 is 1.12 bits per heavy atom. The molecule has 2 heteroatoms. The van der Waals surface area contributed by atoms with E-state index in [1.807, 2.05) is 12.3 Å². The third kappa shape index (κ3) is 2.01. The van der Waals surface area contributed by atoms with E-state index in [0.29, 0.717) is 0 Å². The molecule has 1 aliphatic rings. The highest BCUT2D eigenvalue weighted by Gasteiger charge is 2.25. The molecule has 78 valence electrons. The highest BCUT2D eigenvalue weighted by atomic mass is 14.7. The Bertz CT molecular complexity index is 477. The Morgan fingerprint density at radius 3 is 2.69 bits per heavy atom. The van der Waals surface area contributed by atoms with Crippen molar-refractivity contribution in [1.29, 1.82) is 0 Å². The largest absolute Gasteiger partial charge is 0.261 e. The Balaban J connectivity index is 1.98. The first-order chi connectivity index (χ1) is 7.93. The van der Waals surface area contributed by atoms with Crippen LogP contribution >= 0.6 is 0 Å². The molecule has 1 aliphatic heterocycles. The van der Waals surface area contributed by atoms with Crippen LogP contribution in [0.2, 0.25) is 12.1 Å². The summed E-state index contributed by atoms with van der Waals surface area (Å²) in [5, 5.41) is 0. The number of benzene rings is 1. The smallest absolute Gasteiger partial charge is 0.123 e. The molecule has 0 saturated carbocycles. The topological polar surface area (TPSA) is 12.9 Å². The van der Waals surface area contributed by atoms with Gasteiger partial charge in [-0.1, -0.05) is 48.5 Å². The minimum atomic E-state index is 0.886. The van der Waals surface area contributed by atoms with Crippen molar-refractivity contribution >= 4 is 7.28 Å². The fourth-order valence-electron chi connectivity index (χ4n) is 2.08. The maximum absolute atomic E-state index is 4.54. The van der Waals surface area contributed by atoms with Crippen molar-refractivity contribution in [2.45, 2.75) is 18.6 Å². The third-order valence-electron chi connectivity index (χ3n) is 3.15. The van der Waals surface area contributed by atoms with Crippen LogP contribution in [0.15, 0.2) is 48.7 Å². The summed E-state index contributed by atoms with van der Waals surface area (Å²) < 4.78 is 0. The molecule has 1 atom stereocenters. The second-order valence-corrected chi connectivity index (χ2v) is 4.51. The molecule has 0 aliphatic carbocycles. The number of nitrogens with zero attached hydrogens (tertiary/aromatic N) is 1. The van der Waals surface area contributed by atoms with Crippen LogP contribution in [0, 0.1) is 0 Å². The van der Waals surface area contributed by atoms with Crippen molar-refractivity contribution in [3.8, 4) is 11.1 Å². The van der Waals surface area contributed by atoms with E-state index >= 15 is 0 Å². The second kappa shape index (κ2) is 4.13. The van der Waals surface area contributed by atoms with E-state index in [1.165, 1.54) is 30.4 Å². The highest BCUT2D eigenvalue weighted by molar-refractivity contribution is 6.50. The molecular weight excluding hydrogens is 193 g/mol. The third-order valence-corrected chi connectivity index (χ3v) is 3.15. The molecule has 1 aromatic heterocycles. The Labute approximate surface area is 96.8 Å². The van der Waals surface area contributed by atoms with Crippen LogP contribution in [0.25, 0.3) is 11.1 Å². The summed E-state index contributed by atoms with van der Waals surface area (Å²) in [7, 11) is 1.38. The Morgan fingerprint density at radius 2 is 1.94 bits per heavy atom. The normalized spacial score (nSPS) is 17.9. The molecule has 0 spiro atoms. The van der Waals surface area contributed by atoms with Crippen molar-refractivity contribution in [2.24, 2.45) is 0 Å². The molecule has 1 unspecified atom stereocenters. The standard InChI is InChI=1S/C14H14BN/c1-2-5-11(6-3-1)13-7-4-8-16-14(13)9-12-10-15-12/h1-8,12,15H,9-10H2. The minimum absolute atomic E-state index is 0.886. The van der Waals surface area contributed by atoms with Gasteiger partial charge in [-0.05, 0) is 18.1 Å². The first-order valence-corrected chi connectivity index (χ1v) is 5.93. The molecule has 0 amide bonds. The first kappa shape index (κ1) is 9.65. The van der Waals surface area contributed by atoms with Gasteiger partial charge in [0.15, 0.2) is 0 Å². The van der Waals surface area contributed by atoms with E-state index in [2.05, 4.69) is 41.4 Å². The minimum Gasteiger partial charge on any atom is -0.261 e. The number of rotatable bonds is 3. The molecule has 2 aromatic rings. The molecule has 16 heavy (non-hydrogen) atoms. The summed E-state index contributed by atoms with van der Waals surface area (Å²) in [4.78, 5) is 4.54. The summed E-state index contributed by atoms with van der Waals surface area (Å²) in [5.74, 6) is 0.886. The van der Waals surface area contributed by atoms with Crippen LogP contribution in [0.3, 0.4) is 0 Å². The van der Waals surface area contributed by atoms with Crippen molar-refractivity contribution in [3.05, 3.63) is 54.4 Å². The number of hydrogen-bond acceptors (Lipinski definition) is 1. The van der Waals surface area contributed by atoms with Crippen molar-refractivity contribution in [3.63, 3.8) is 0 Å². The van der Waals surface area contributed by atoms with E-state index in [0.717, 1.165) is 12.2 Å². The quantitative estimate of drug-likeness (QED) is 0.705. The molecule has 1 aromatic carbocycles. The number of hydrogen-bond donors (Lipinski definition) is 0. The molecule has 0 radical (unpaired) electrons. The highest BCUT2D eigenvalue weighted by Crippen LogP contribution is 2.34. The number of aromatic nitrogens is 1. The van der Waals surface area contributed by atoms with E-state index in [9.17, 15) is 0 Å². The molecule has 2 heterocycles. The lowest BCUT2D eigenvalue weighted by molar-refractivity contribution is 0.947. The van der Waals surface area contributed by atoms with Gasteiger partial charge in [-0.3, -0.25) is 4.98 Å². The van der Waals surface area contributed by atoms with Gasteiger partial charge in [0.25, 0.3) is 0 Å². The van der Waals surface area contributed by atoms with Crippen molar-refractivity contribution in [1.82, 2.24) is 4.98 Å². The van der Waals surface area contributed by atoms with E-state index in [-0.39, 0.29) is 0 Å². The summed E-state index contributed by atoms with van der Waals surface area (Å²) in [6.45, 7) is 0. The van der Waals surface area contributed by atoms with Gasteiger partial charge in [0.05, 0.1) is 0 Å². The second-order valence-electron chi connectivity index (χ2n) is 4.51. The fraction of sp³-hybridized carbons (Fsp3) is 0.214. The van der Waals surface area contributed by atoms with Gasteiger partial charge >= 0.3 is 0 Å². The lowest BCUT2D eigenvalue weighted by atomic mass is 9.95. The molecular formula is C14H14BN. The zero-order valence-corrected chi connectivity index (χ0v) is 9.26. The zero-order valence-electron chi connectivity index (χ0n) is 9.26. The number of pyridine rings is 1. The summed E-state index contributed by atoms with van der Waals surface area (Å²) >= 11 is 0. The van der Waals surface area contributed by atoms with Gasteiger partial charge in [0.2, 0.25) is 0 Å². The Hall–Kier alpha value is -1.57. The maximum Gasteiger partial charge on any atom is 0.123 e. The first-order valence-electron chi connectivity index (χ1n) is 5.93. The van der Waals surface area contributed by atoms with Crippen LogP contribution in [0.4, 0.5) is 0 Å². The maximum atomic E-state index is 4.54. The van der Waals surface area contributed by atoms with E-state index < -0.39 is 0 Å². The van der Waals surface area contributed by atoms with Gasteiger partial charge < -0.3 is 0 Å². The van der Waals surface area contributed by atoms with Gasteiger partial charge in [-0.2, -0.15) is 0 Å².